The maximum atomic E-state index is 12.7. The lowest BCUT2D eigenvalue weighted by Gasteiger charge is -2.24. The summed E-state index contributed by atoms with van der Waals surface area (Å²) in [7, 11) is -3.31. The highest BCUT2D eigenvalue weighted by Gasteiger charge is 2.43. The van der Waals surface area contributed by atoms with Crippen molar-refractivity contribution in [2.75, 3.05) is 6.54 Å². The molecule has 0 aromatic heterocycles. The minimum Gasteiger partial charge on any atom is -0.212 e. The van der Waals surface area contributed by atoms with E-state index in [2.05, 4.69) is 20.4 Å². The molecule has 2 rings (SSSR count). The van der Waals surface area contributed by atoms with Gasteiger partial charge in [-0.15, -0.1) is 0 Å². The molecule has 0 aliphatic carbocycles. The molecule has 0 spiro atoms. The summed E-state index contributed by atoms with van der Waals surface area (Å²) in [6.45, 7) is 10.7. The molecule has 1 aromatic rings. The molecular weight excluding hydrogens is 270 g/mol. The van der Waals surface area contributed by atoms with Crippen molar-refractivity contribution >= 4 is 10.0 Å². The minimum absolute atomic E-state index is 0.00732. The molecule has 20 heavy (non-hydrogen) atoms. The highest BCUT2D eigenvalue weighted by atomic mass is 32.2. The third-order valence-corrected chi connectivity index (χ3v) is 5.59. The maximum Gasteiger partial charge on any atom is 0.218 e. The van der Waals surface area contributed by atoms with E-state index in [1.54, 1.807) is 4.31 Å². The van der Waals surface area contributed by atoms with Gasteiger partial charge in [-0.2, -0.15) is 4.31 Å². The van der Waals surface area contributed by atoms with Crippen LogP contribution in [-0.2, 0) is 15.8 Å². The average molecular weight is 293 g/mol. The number of nitrogens with zero attached hydrogens (tertiary/aromatic N) is 1. The molecule has 0 unspecified atom stereocenters. The first-order valence-corrected chi connectivity index (χ1v) is 8.51. The van der Waals surface area contributed by atoms with Gasteiger partial charge in [0.05, 0.1) is 5.75 Å². The van der Waals surface area contributed by atoms with Gasteiger partial charge in [0.15, 0.2) is 0 Å². The Morgan fingerprint density at radius 1 is 1.35 bits per heavy atom. The molecule has 1 saturated heterocycles. The molecular formula is C16H23NO2S. The van der Waals surface area contributed by atoms with Crippen molar-refractivity contribution in [3.63, 3.8) is 0 Å². The zero-order valence-corrected chi connectivity index (χ0v) is 13.3. The average Bonchev–Trinajstić information content (AvgIpc) is 2.67. The molecule has 1 heterocycles. The third kappa shape index (κ3) is 3.30. The van der Waals surface area contributed by atoms with Gasteiger partial charge in [-0.25, -0.2) is 8.42 Å². The lowest BCUT2D eigenvalue weighted by Crippen LogP contribution is -2.37. The number of hydrogen-bond donors (Lipinski definition) is 0. The molecule has 1 aliphatic rings. The van der Waals surface area contributed by atoms with Gasteiger partial charge in [0.2, 0.25) is 10.0 Å². The van der Waals surface area contributed by atoms with Crippen LogP contribution in [0.4, 0.5) is 0 Å². The molecule has 0 bridgehead atoms. The molecule has 0 saturated carbocycles. The monoisotopic (exact) mass is 293 g/mol. The normalized spacial score (nSPS) is 22.9. The Balaban J connectivity index is 2.26. The second kappa shape index (κ2) is 5.34. The minimum atomic E-state index is -3.31. The fraction of sp³-hybridized carbons (Fsp3) is 0.500. The summed E-state index contributed by atoms with van der Waals surface area (Å²) in [6, 6.07) is 9.28. The van der Waals surface area contributed by atoms with E-state index >= 15 is 0 Å². The fourth-order valence-electron chi connectivity index (χ4n) is 2.80. The first-order chi connectivity index (χ1) is 9.21. The highest BCUT2D eigenvalue weighted by Crippen LogP contribution is 2.38. The van der Waals surface area contributed by atoms with E-state index < -0.39 is 10.0 Å². The van der Waals surface area contributed by atoms with Crippen LogP contribution in [-0.4, -0.2) is 25.3 Å². The number of benzene rings is 1. The van der Waals surface area contributed by atoms with Crippen LogP contribution in [0, 0.1) is 5.41 Å². The molecule has 1 atom stereocenters. The van der Waals surface area contributed by atoms with Crippen molar-refractivity contribution in [2.45, 2.75) is 39.0 Å². The zero-order valence-electron chi connectivity index (χ0n) is 12.5. The van der Waals surface area contributed by atoms with Crippen LogP contribution >= 0.6 is 0 Å². The van der Waals surface area contributed by atoms with Gasteiger partial charge < -0.3 is 0 Å². The molecule has 4 heteroatoms. The Labute approximate surface area is 122 Å². The van der Waals surface area contributed by atoms with Gasteiger partial charge in [-0.3, -0.25) is 0 Å². The summed E-state index contributed by atoms with van der Waals surface area (Å²) >= 11 is 0. The first kappa shape index (κ1) is 15.3. The predicted octanol–water partition coefficient (Wildman–Crippen LogP) is 3.19. The molecule has 1 fully saturated rings. The molecule has 0 amide bonds. The lowest BCUT2D eigenvalue weighted by molar-refractivity contribution is 0.372. The van der Waals surface area contributed by atoms with E-state index in [-0.39, 0.29) is 17.2 Å². The van der Waals surface area contributed by atoms with Gasteiger partial charge >= 0.3 is 0 Å². The van der Waals surface area contributed by atoms with Gasteiger partial charge in [-0.1, -0.05) is 56.3 Å². The molecule has 1 aliphatic heterocycles. The molecule has 0 radical (unpaired) electrons. The van der Waals surface area contributed by atoms with E-state index in [0.29, 0.717) is 6.54 Å². The van der Waals surface area contributed by atoms with Crippen molar-refractivity contribution in [3.8, 4) is 0 Å². The Kier molecular flexibility index (Phi) is 4.07. The van der Waals surface area contributed by atoms with Gasteiger partial charge in [-0.05, 0) is 24.3 Å². The van der Waals surface area contributed by atoms with Crippen LogP contribution in [0.15, 0.2) is 42.5 Å². The first-order valence-electron chi connectivity index (χ1n) is 6.90. The Morgan fingerprint density at radius 3 is 2.50 bits per heavy atom. The van der Waals surface area contributed by atoms with Crippen LogP contribution in [0.1, 0.15) is 32.8 Å². The van der Waals surface area contributed by atoms with E-state index in [1.165, 1.54) is 0 Å². The summed E-state index contributed by atoms with van der Waals surface area (Å²) in [6.07, 6.45) is 0.844. The van der Waals surface area contributed by atoms with Crippen molar-refractivity contribution in [1.82, 2.24) is 4.31 Å². The second-order valence-corrected chi connectivity index (χ2v) is 8.44. The quantitative estimate of drug-likeness (QED) is 0.800. The summed E-state index contributed by atoms with van der Waals surface area (Å²) < 4.78 is 27.0. The van der Waals surface area contributed by atoms with Crippen LogP contribution < -0.4 is 0 Å². The maximum absolute atomic E-state index is 12.7. The topological polar surface area (TPSA) is 37.4 Å². The van der Waals surface area contributed by atoms with Gasteiger partial charge in [0.1, 0.15) is 0 Å². The van der Waals surface area contributed by atoms with E-state index in [9.17, 15) is 8.42 Å². The van der Waals surface area contributed by atoms with Crippen LogP contribution in [0.2, 0.25) is 0 Å². The van der Waals surface area contributed by atoms with E-state index in [1.807, 2.05) is 37.3 Å². The van der Waals surface area contributed by atoms with Gasteiger partial charge in [0, 0.05) is 12.6 Å². The van der Waals surface area contributed by atoms with E-state index in [4.69, 9.17) is 0 Å². The summed E-state index contributed by atoms with van der Waals surface area (Å²) in [5, 5.41) is 0. The SMILES string of the molecule is C=C(C)[C@@H]1CC(C)(C)CN1S(=O)(=O)Cc1ccccc1. The van der Waals surface area contributed by atoms with Crippen molar-refractivity contribution in [1.29, 1.82) is 0 Å². The standard InChI is InChI=1S/C16H23NO2S/c1-13(2)15-10-16(3,4)12-17(15)20(18,19)11-14-8-6-5-7-9-14/h5-9,15H,1,10-12H2,2-4H3/t15-/m0/s1. The summed E-state index contributed by atoms with van der Waals surface area (Å²) in [5.74, 6) is 0.0632. The Hall–Kier alpha value is -1.13. The molecule has 3 nitrogen and oxygen atoms in total. The third-order valence-electron chi connectivity index (χ3n) is 3.80. The summed E-state index contributed by atoms with van der Waals surface area (Å²) in [4.78, 5) is 0. The number of hydrogen-bond acceptors (Lipinski definition) is 2. The Morgan fingerprint density at radius 2 is 1.95 bits per heavy atom. The van der Waals surface area contributed by atoms with Crippen LogP contribution in [0.3, 0.4) is 0 Å². The van der Waals surface area contributed by atoms with Crippen molar-refractivity contribution in [2.24, 2.45) is 5.41 Å². The summed E-state index contributed by atoms with van der Waals surface area (Å²) in [5.41, 5.74) is 1.76. The van der Waals surface area contributed by atoms with Gasteiger partial charge in [0.25, 0.3) is 0 Å². The van der Waals surface area contributed by atoms with E-state index in [0.717, 1.165) is 17.6 Å². The Bertz CT molecular complexity index is 590. The molecule has 1 aromatic carbocycles. The second-order valence-electron chi connectivity index (χ2n) is 6.52. The van der Waals surface area contributed by atoms with Crippen molar-refractivity contribution in [3.05, 3.63) is 48.0 Å². The lowest BCUT2D eigenvalue weighted by atomic mass is 9.89. The smallest absolute Gasteiger partial charge is 0.212 e. The van der Waals surface area contributed by atoms with Crippen LogP contribution in [0.5, 0.6) is 0 Å². The van der Waals surface area contributed by atoms with Crippen molar-refractivity contribution < 1.29 is 8.42 Å². The zero-order chi connectivity index (χ0) is 15.0. The fourth-order valence-corrected chi connectivity index (χ4v) is 4.77. The molecule has 110 valence electrons. The highest BCUT2D eigenvalue weighted by molar-refractivity contribution is 7.88. The predicted molar refractivity (Wildman–Crippen MR) is 82.8 cm³/mol. The molecule has 0 N–H and O–H groups in total. The van der Waals surface area contributed by atoms with Crippen LogP contribution in [0.25, 0.3) is 0 Å². The number of sulfonamides is 1. The largest absolute Gasteiger partial charge is 0.218 e. The number of rotatable bonds is 4.